The fourth-order valence-corrected chi connectivity index (χ4v) is 5.87. The van der Waals surface area contributed by atoms with Crippen LogP contribution in [0.1, 0.15) is 49.7 Å². The van der Waals surface area contributed by atoms with Crippen molar-refractivity contribution in [3.05, 3.63) is 66.0 Å². The fourth-order valence-electron chi connectivity index (χ4n) is 5.87. The molecule has 2 aliphatic heterocycles. The molecule has 1 aromatic heterocycles. The summed E-state index contributed by atoms with van der Waals surface area (Å²) in [5.41, 5.74) is 2.29. The van der Waals surface area contributed by atoms with Crippen molar-refractivity contribution in [2.45, 2.75) is 56.5 Å². The highest BCUT2D eigenvalue weighted by molar-refractivity contribution is 5.89. The van der Waals surface area contributed by atoms with E-state index in [4.69, 9.17) is 9.90 Å². The Labute approximate surface area is 190 Å². The first-order chi connectivity index (χ1) is 15.7. The number of aromatic nitrogens is 1. The second kappa shape index (κ2) is 10.3. The van der Waals surface area contributed by atoms with Gasteiger partial charge >= 0.3 is 0 Å². The third kappa shape index (κ3) is 4.56. The van der Waals surface area contributed by atoms with Crippen molar-refractivity contribution in [1.82, 2.24) is 14.8 Å². The molecule has 1 amide bonds. The van der Waals surface area contributed by atoms with Gasteiger partial charge in [-0.25, -0.2) is 0 Å². The Balaban J connectivity index is 0.000000775. The van der Waals surface area contributed by atoms with Gasteiger partial charge in [0.2, 0.25) is 5.91 Å². The van der Waals surface area contributed by atoms with Crippen molar-refractivity contribution < 1.29 is 14.7 Å². The van der Waals surface area contributed by atoms with Gasteiger partial charge in [-0.1, -0.05) is 49.6 Å². The summed E-state index contributed by atoms with van der Waals surface area (Å²) >= 11 is 0. The third-order valence-electron chi connectivity index (χ3n) is 7.47. The number of likely N-dealkylation sites (tertiary alicyclic amines) is 2. The van der Waals surface area contributed by atoms with Crippen LogP contribution in [0.2, 0.25) is 0 Å². The van der Waals surface area contributed by atoms with Crippen molar-refractivity contribution in [2.24, 2.45) is 5.92 Å². The molecule has 6 nitrogen and oxygen atoms in total. The normalized spacial score (nSPS) is 24.3. The molecular weight excluding hydrogens is 402 g/mol. The van der Waals surface area contributed by atoms with Crippen molar-refractivity contribution in [3.8, 4) is 0 Å². The molecule has 2 aromatic rings. The molecule has 0 radical (unpaired) electrons. The Morgan fingerprint density at radius 2 is 1.75 bits per heavy atom. The van der Waals surface area contributed by atoms with Crippen LogP contribution in [-0.4, -0.2) is 57.9 Å². The lowest BCUT2D eigenvalue weighted by molar-refractivity contribution is -0.156. The zero-order valence-electron chi connectivity index (χ0n) is 18.6. The van der Waals surface area contributed by atoms with Crippen molar-refractivity contribution >= 4 is 12.4 Å². The van der Waals surface area contributed by atoms with Crippen LogP contribution in [-0.2, 0) is 21.5 Å². The molecule has 3 heterocycles. The van der Waals surface area contributed by atoms with Crippen LogP contribution in [0.25, 0.3) is 0 Å². The number of hydrogen-bond donors (Lipinski definition) is 1. The second-order valence-corrected chi connectivity index (χ2v) is 9.28. The zero-order chi connectivity index (χ0) is 22.4. The van der Waals surface area contributed by atoms with Crippen LogP contribution in [0, 0.1) is 5.92 Å². The van der Waals surface area contributed by atoms with Gasteiger partial charge in [-0.15, -0.1) is 0 Å². The maximum atomic E-state index is 13.8. The van der Waals surface area contributed by atoms with Gasteiger partial charge in [-0.05, 0) is 42.5 Å². The SMILES string of the molecule is O=C(N1C[C@@H]2CN(Cc3ccncc3)CC[C@@H]21)C1(c2ccccc2)CCCCC1.O=CO. The van der Waals surface area contributed by atoms with E-state index in [1.807, 2.05) is 12.4 Å². The topological polar surface area (TPSA) is 73.7 Å². The molecule has 1 N–H and O–H groups in total. The van der Waals surface area contributed by atoms with E-state index in [0.717, 1.165) is 45.4 Å². The molecule has 3 fully saturated rings. The number of fused-ring (bicyclic) bond motifs is 1. The highest BCUT2D eigenvalue weighted by Gasteiger charge is 2.51. The molecule has 2 atom stereocenters. The highest BCUT2D eigenvalue weighted by atomic mass is 16.3. The summed E-state index contributed by atoms with van der Waals surface area (Å²) in [6.45, 7) is 3.86. The second-order valence-electron chi connectivity index (χ2n) is 9.28. The van der Waals surface area contributed by atoms with Crippen molar-refractivity contribution in [3.63, 3.8) is 0 Å². The molecule has 0 spiro atoms. The Bertz CT molecular complexity index is 884. The number of carbonyl (C=O) groups excluding carboxylic acids is 1. The minimum Gasteiger partial charge on any atom is -0.483 e. The minimum absolute atomic E-state index is 0.250. The zero-order valence-corrected chi connectivity index (χ0v) is 18.6. The lowest BCUT2D eigenvalue weighted by Gasteiger charge is -2.56. The molecule has 1 saturated carbocycles. The van der Waals surface area contributed by atoms with Gasteiger partial charge in [0.25, 0.3) is 6.47 Å². The van der Waals surface area contributed by atoms with Gasteiger partial charge in [-0.3, -0.25) is 19.5 Å². The van der Waals surface area contributed by atoms with Gasteiger partial charge in [0, 0.05) is 50.5 Å². The molecule has 2 saturated heterocycles. The van der Waals surface area contributed by atoms with Crippen LogP contribution in [0.4, 0.5) is 0 Å². The Morgan fingerprint density at radius 1 is 1.06 bits per heavy atom. The molecular formula is C26H33N3O3. The van der Waals surface area contributed by atoms with E-state index in [9.17, 15) is 4.79 Å². The molecule has 3 aliphatic rings. The summed E-state index contributed by atoms with van der Waals surface area (Å²) in [5.74, 6) is 1.04. The van der Waals surface area contributed by atoms with Crippen LogP contribution >= 0.6 is 0 Å². The molecule has 1 aliphatic carbocycles. The lowest BCUT2D eigenvalue weighted by atomic mass is 9.67. The number of piperidine rings is 1. The van der Waals surface area contributed by atoms with E-state index in [2.05, 4.69) is 57.2 Å². The van der Waals surface area contributed by atoms with Gasteiger partial charge in [0.05, 0.1) is 5.41 Å². The molecule has 0 unspecified atom stereocenters. The number of carbonyl (C=O) groups is 2. The Hall–Kier alpha value is -2.73. The predicted molar refractivity (Wildman–Crippen MR) is 123 cm³/mol. The number of amides is 1. The first-order valence-electron chi connectivity index (χ1n) is 11.7. The van der Waals surface area contributed by atoms with E-state index in [1.54, 1.807) is 0 Å². The van der Waals surface area contributed by atoms with Crippen LogP contribution < -0.4 is 0 Å². The summed E-state index contributed by atoms with van der Waals surface area (Å²) in [4.78, 5) is 31.1. The minimum atomic E-state index is -0.279. The van der Waals surface area contributed by atoms with Crippen LogP contribution in [0.15, 0.2) is 54.9 Å². The molecule has 1 aromatic carbocycles. The third-order valence-corrected chi connectivity index (χ3v) is 7.47. The summed E-state index contributed by atoms with van der Waals surface area (Å²) < 4.78 is 0. The average Bonchev–Trinajstić information content (AvgIpc) is 2.82. The van der Waals surface area contributed by atoms with Gasteiger partial charge < -0.3 is 10.0 Å². The smallest absolute Gasteiger partial charge is 0.290 e. The maximum Gasteiger partial charge on any atom is 0.290 e. The van der Waals surface area contributed by atoms with E-state index < -0.39 is 0 Å². The average molecular weight is 436 g/mol. The standard InChI is InChI=1S/C25H31N3O.CH2O2/c29-24(25(12-5-2-6-13-25)22-7-3-1-4-8-22)28-19-21-18-27(16-11-23(21)28)17-20-9-14-26-15-10-20;2-1-3/h1,3-4,7-10,14-15,21,23H,2,5-6,11-13,16-19H2;1H,(H,2,3)/t21-,23-;/m0./s1. The quantitative estimate of drug-likeness (QED) is 0.741. The molecule has 6 heteroatoms. The number of rotatable bonds is 4. The Morgan fingerprint density at radius 3 is 2.41 bits per heavy atom. The van der Waals surface area contributed by atoms with Crippen LogP contribution in [0.3, 0.4) is 0 Å². The molecule has 5 rings (SSSR count). The summed E-state index contributed by atoms with van der Waals surface area (Å²) in [5, 5.41) is 6.89. The molecule has 32 heavy (non-hydrogen) atoms. The number of pyridine rings is 1. The number of nitrogens with zero attached hydrogens (tertiary/aromatic N) is 3. The van der Waals surface area contributed by atoms with E-state index in [-0.39, 0.29) is 11.9 Å². The number of benzene rings is 1. The summed E-state index contributed by atoms with van der Waals surface area (Å²) in [7, 11) is 0. The summed E-state index contributed by atoms with van der Waals surface area (Å²) in [6.07, 6.45) is 10.5. The monoisotopic (exact) mass is 435 g/mol. The lowest BCUT2D eigenvalue weighted by Crippen LogP contribution is -2.67. The van der Waals surface area contributed by atoms with Crippen molar-refractivity contribution in [1.29, 1.82) is 0 Å². The highest BCUT2D eigenvalue weighted by Crippen LogP contribution is 2.44. The largest absolute Gasteiger partial charge is 0.483 e. The van der Waals surface area contributed by atoms with Gasteiger partial charge in [0.15, 0.2) is 0 Å². The van der Waals surface area contributed by atoms with Crippen molar-refractivity contribution in [2.75, 3.05) is 19.6 Å². The Kier molecular flexibility index (Phi) is 7.20. The van der Waals surface area contributed by atoms with E-state index in [0.29, 0.717) is 17.9 Å². The fraction of sp³-hybridized carbons (Fsp3) is 0.500. The maximum absolute atomic E-state index is 13.8. The number of hydrogen-bond acceptors (Lipinski definition) is 4. The van der Waals surface area contributed by atoms with Gasteiger partial charge in [0.1, 0.15) is 0 Å². The van der Waals surface area contributed by atoms with Gasteiger partial charge in [-0.2, -0.15) is 0 Å². The first-order valence-corrected chi connectivity index (χ1v) is 11.7. The van der Waals surface area contributed by atoms with E-state index >= 15 is 0 Å². The van der Waals surface area contributed by atoms with E-state index in [1.165, 1.54) is 30.4 Å². The summed E-state index contributed by atoms with van der Waals surface area (Å²) in [6, 6.07) is 15.3. The van der Waals surface area contributed by atoms with Crippen LogP contribution in [0.5, 0.6) is 0 Å². The molecule has 170 valence electrons. The molecule has 0 bridgehead atoms. The number of carboxylic acid groups (broad SMARTS) is 1. The predicted octanol–water partition coefficient (Wildman–Crippen LogP) is 3.72. The first kappa shape index (κ1) is 22.5.